The second kappa shape index (κ2) is 7.39. The van der Waals surface area contributed by atoms with Gasteiger partial charge in [-0.25, -0.2) is 19.8 Å². The van der Waals surface area contributed by atoms with Crippen LogP contribution in [0.2, 0.25) is 0 Å². The van der Waals surface area contributed by atoms with Crippen LogP contribution in [0, 0.1) is 5.92 Å². The molecule has 0 bridgehead atoms. The zero-order valence-corrected chi connectivity index (χ0v) is 11.7. The Kier molecular flexibility index (Phi) is 5.85. The highest BCUT2D eigenvalue weighted by Gasteiger charge is 2.19. The lowest BCUT2D eigenvalue weighted by Gasteiger charge is -2.16. The maximum absolute atomic E-state index is 11.8. The van der Waals surface area contributed by atoms with Crippen molar-refractivity contribution in [2.24, 2.45) is 5.92 Å². The molecule has 0 aliphatic carbocycles. The Morgan fingerprint density at radius 2 is 2.05 bits per heavy atom. The summed E-state index contributed by atoms with van der Waals surface area (Å²) in [5, 5.41) is 19.9. The van der Waals surface area contributed by atoms with Gasteiger partial charge in [-0.2, -0.15) is 0 Å². The van der Waals surface area contributed by atoms with Crippen molar-refractivity contribution >= 4 is 17.9 Å². The Balaban J connectivity index is 2.48. The molecular weight excluding hydrogens is 280 g/mol. The summed E-state index contributed by atoms with van der Waals surface area (Å²) in [6, 6.07) is -0.269. The largest absolute Gasteiger partial charge is 0.464 e. The van der Waals surface area contributed by atoms with Crippen LogP contribution in [0.3, 0.4) is 0 Å². The molecule has 0 saturated carbocycles. The van der Waals surface area contributed by atoms with E-state index in [1.54, 1.807) is 13.8 Å². The summed E-state index contributed by atoms with van der Waals surface area (Å²) in [6.45, 7) is 3.31. The van der Waals surface area contributed by atoms with Gasteiger partial charge in [0.15, 0.2) is 0 Å². The van der Waals surface area contributed by atoms with Crippen molar-refractivity contribution in [2.75, 3.05) is 0 Å². The van der Waals surface area contributed by atoms with Gasteiger partial charge in [-0.05, 0) is 6.92 Å². The maximum Gasteiger partial charge on any atom is 0.416 e. The van der Waals surface area contributed by atoms with E-state index in [1.165, 1.54) is 18.0 Å². The molecule has 0 fully saturated rings. The SMILES string of the molecule is CC(CC(=O)NO)C(=O)N[C@H](C)Cc1cn(C(=O)O)cn1. The van der Waals surface area contributed by atoms with Crippen molar-refractivity contribution in [2.45, 2.75) is 32.7 Å². The van der Waals surface area contributed by atoms with E-state index in [2.05, 4.69) is 10.3 Å². The Morgan fingerprint density at radius 3 is 2.57 bits per heavy atom. The number of aromatic nitrogens is 2. The number of hydroxylamine groups is 1. The van der Waals surface area contributed by atoms with Crippen molar-refractivity contribution < 1.29 is 24.7 Å². The molecule has 4 N–H and O–H groups in total. The van der Waals surface area contributed by atoms with Crippen molar-refractivity contribution in [1.82, 2.24) is 20.3 Å². The molecule has 0 aliphatic rings. The van der Waals surface area contributed by atoms with Gasteiger partial charge in [-0.15, -0.1) is 0 Å². The van der Waals surface area contributed by atoms with E-state index >= 15 is 0 Å². The average Bonchev–Trinajstić information content (AvgIpc) is 2.86. The van der Waals surface area contributed by atoms with Crippen molar-refractivity contribution in [1.29, 1.82) is 0 Å². The fourth-order valence-corrected chi connectivity index (χ4v) is 1.74. The highest BCUT2D eigenvalue weighted by atomic mass is 16.5. The standard InChI is InChI=1S/C12H18N4O5/c1-7(3-10(17)15-21)11(18)14-8(2)4-9-5-16(6-13-9)12(19)20/h5-8,21H,3-4H2,1-2H3,(H,14,18)(H,15,17)(H,19,20)/t7?,8-/m1/s1. The first-order valence-corrected chi connectivity index (χ1v) is 6.33. The predicted octanol–water partition coefficient (Wildman–Crippen LogP) is -0.0120. The van der Waals surface area contributed by atoms with E-state index in [9.17, 15) is 14.4 Å². The molecule has 116 valence electrons. The third kappa shape index (κ3) is 5.22. The van der Waals surface area contributed by atoms with Crippen molar-refractivity contribution in [3.8, 4) is 0 Å². The molecule has 21 heavy (non-hydrogen) atoms. The van der Waals surface area contributed by atoms with Crippen molar-refractivity contribution in [3.63, 3.8) is 0 Å². The molecule has 2 atom stereocenters. The number of hydrogen-bond acceptors (Lipinski definition) is 5. The molecule has 1 rings (SSSR count). The molecule has 1 unspecified atom stereocenters. The Hall–Kier alpha value is -2.42. The third-order valence-electron chi connectivity index (χ3n) is 2.82. The summed E-state index contributed by atoms with van der Waals surface area (Å²) >= 11 is 0. The lowest BCUT2D eigenvalue weighted by molar-refractivity contribution is -0.134. The van der Waals surface area contributed by atoms with Gasteiger partial charge in [0.25, 0.3) is 0 Å². The normalized spacial score (nSPS) is 13.3. The van der Waals surface area contributed by atoms with Crippen LogP contribution in [-0.2, 0) is 16.0 Å². The van der Waals surface area contributed by atoms with E-state index in [0.717, 1.165) is 4.57 Å². The van der Waals surface area contributed by atoms with E-state index in [-0.39, 0.29) is 18.4 Å². The number of hydrogen-bond donors (Lipinski definition) is 4. The van der Waals surface area contributed by atoms with Crippen LogP contribution in [0.4, 0.5) is 4.79 Å². The molecule has 9 nitrogen and oxygen atoms in total. The van der Waals surface area contributed by atoms with Crippen LogP contribution in [0.15, 0.2) is 12.5 Å². The minimum Gasteiger partial charge on any atom is -0.464 e. The summed E-state index contributed by atoms with van der Waals surface area (Å²) in [4.78, 5) is 37.4. The number of carbonyl (C=O) groups is 3. The monoisotopic (exact) mass is 298 g/mol. The minimum absolute atomic E-state index is 0.122. The number of amides is 2. The van der Waals surface area contributed by atoms with E-state index in [1.807, 2.05) is 0 Å². The van der Waals surface area contributed by atoms with Crippen LogP contribution in [0.1, 0.15) is 26.0 Å². The lowest BCUT2D eigenvalue weighted by Crippen LogP contribution is -2.39. The molecule has 0 aromatic carbocycles. The molecule has 0 radical (unpaired) electrons. The summed E-state index contributed by atoms with van der Waals surface area (Å²) in [5.74, 6) is -1.55. The topological polar surface area (TPSA) is 134 Å². The molecule has 1 aromatic rings. The van der Waals surface area contributed by atoms with Crippen LogP contribution < -0.4 is 10.8 Å². The van der Waals surface area contributed by atoms with Gasteiger partial charge in [0.05, 0.1) is 5.69 Å². The van der Waals surface area contributed by atoms with Gasteiger partial charge >= 0.3 is 6.09 Å². The fourth-order valence-electron chi connectivity index (χ4n) is 1.74. The number of carboxylic acid groups (broad SMARTS) is 1. The highest BCUT2D eigenvalue weighted by Crippen LogP contribution is 2.05. The lowest BCUT2D eigenvalue weighted by atomic mass is 10.1. The van der Waals surface area contributed by atoms with Crippen molar-refractivity contribution in [3.05, 3.63) is 18.2 Å². The first-order chi connectivity index (χ1) is 9.83. The van der Waals surface area contributed by atoms with Gasteiger partial charge in [0, 0.05) is 31.0 Å². The van der Waals surface area contributed by atoms with Crippen LogP contribution >= 0.6 is 0 Å². The van der Waals surface area contributed by atoms with Gasteiger partial charge in [-0.1, -0.05) is 6.92 Å². The molecule has 0 aliphatic heterocycles. The number of nitrogens with zero attached hydrogens (tertiary/aromatic N) is 2. The molecule has 0 spiro atoms. The summed E-state index contributed by atoms with van der Waals surface area (Å²) in [6.07, 6.45) is 1.66. The van der Waals surface area contributed by atoms with Gasteiger partial charge in [0.2, 0.25) is 11.8 Å². The van der Waals surface area contributed by atoms with Gasteiger partial charge in [0.1, 0.15) is 6.33 Å². The van der Waals surface area contributed by atoms with Gasteiger partial charge < -0.3 is 10.4 Å². The zero-order valence-electron chi connectivity index (χ0n) is 11.7. The molecule has 2 amide bonds. The van der Waals surface area contributed by atoms with Crippen LogP contribution in [0.25, 0.3) is 0 Å². The molecule has 1 aromatic heterocycles. The molecule has 1 heterocycles. The minimum atomic E-state index is -1.13. The number of nitrogens with one attached hydrogen (secondary N) is 2. The number of carbonyl (C=O) groups excluding carboxylic acids is 2. The van der Waals surface area contributed by atoms with E-state index in [0.29, 0.717) is 12.1 Å². The maximum atomic E-state index is 11.8. The fraction of sp³-hybridized carbons (Fsp3) is 0.500. The second-order valence-electron chi connectivity index (χ2n) is 4.81. The molecule has 9 heteroatoms. The quantitative estimate of drug-likeness (QED) is 0.431. The Labute approximate surface area is 120 Å². The Morgan fingerprint density at radius 1 is 1.38 bits per heavy atom. The predicted molar refractivity (Wildman–Crippen MR) is 70.7 cm³/mol. The first-order valence-electron chi connectivity index (χ1n) is 6.33. The molecular formula is C12H18N4O5. The summed E-state index contributed by atoms with van der Waals surface area (Å²) < 4.78 is 0.929. The summed E-state index contributed by atoms with van der Waals surface area (Å²) in [7, 11) is 0. The van der Waals surface area contributed by atoms with E-state index in [4.69, 9.17) is 10.3 Å². The number of imidazole rings is 1. The zero-order chi connectivity index (χ0) is 16.0. The van der Waals surface area contributed by atoms with Crippen LogP contribution in [0.5, 0.6) is 0 Å². The van der Waals surface area contributed by atoms with Crippen LogP contribution in [-0.4, -0.2) is 43.8 Å². The smallest absolute Gasteiger partial charge is 0.416 e. The summed E-state index contributed by atoms with van der Waals surface area (Å²) in [5.41, 5.74) is 2.00. The highest BCUT2D eigenvalue weighted by molar-refractivity contribution is 5.85. The van der Waals surface area contributed by atoms with Gasteiger partial charge in [-0.3, -0.25) is 14.8 Å². The molecule has 0 saturated heterocycles. The average molecular weight is 298 g/mol. The first kappa shape index (κ1) is 16.6. The number of rotatable bonds is 6. The Bertz CT molecular complexity index is 527. The third-order valence-corrected chi connectivity index (χ3v) is 2.82. The second-order valence-corrected chi connectivity index (χ2v) is 4.81. The van der Waals surface area contributed by atoms with E-state index < -0.39 is 17.9 Å².